The summed E-state index contributed by atoms with van der Waals surface area (Å²) in [6, 6.07) is -1.69. The molecule has 0 bridgehead atoms. The molecule has 0 aromatic rings. The van der Waals surface area contributed by atoms with E-state index in [9.17, 15) is 14.4 Å². The number of rotatable bonds is 8. The average Bonchev–Trinajstić information content (AvgIpc) is 2.37. The molecule has 1 atom stereocenters. The van der Waals surface area contributed by atoms with E-state index in [0.717, 1.165) is 0 Å². The van der Waals surface area contributed by atoms with Gasteiger partial charge in [-0.05, 0) is 6.42 Å². The number of nitrogens with zero attached hydrogens (tertiary/aromatic N) is 1. The van der Waals surface area contributed by atoms with E-state index < -0.39 is 18.0 Å². The predicted octanol–water partition coefficient (Wildman–Crippen LogP) is -0.583. The molecule has 0 aliphatic rings. The number of hydrogen-bond acceptors (Lipinski definition) is 5. The molecule has 0 aromatic heterocycles. The number of urea groups is 1. The summed E-state index contributed by atoms with van der Waals surface area (Å²) in [5, 5.41) is 19.8. The number of aliphatic carboxylic acids is 1. The van der Waals surface area contributed by atoms with E-state index in [2.05, 4.69) is 10.1 Å². The van der Waals surface area contributed by atoms with Crippen LogP contribution in [0.4, 0.5) is 4.79 Å². The van der Waals surface area contributed by atoms with Gasteiger partial charge in [0.05, 0.1) is 7.11 Å². The molecule has 110 valence electrons. The summed E-state index contributed by atoms with van der Waals surface area (Å²) in [5.41, 5.74) is 0. The van der Waals surface area contributed by atoms with Crippen molar-refractivity contribution < 1.29 is 29.3 Å². The Hall–Kier alpha value is -1.83. The Morgan fingerprint density at radius 1 is 1.37 bits per heavy atom. The van der Waals surface area contributed by atoms with Crippen LogP contribution in [0.15, 0.2) is 0 Å². The number of ether oxygens (including phenoxy) is 1. The second kappa shape index (κ2) is 9.15. The lowest BCUT2D eigenvalue weighted by atomic mass is 10.2. The highest BCUT2D eigenvalue weighted by Crippen LogP contribution is 1.98. The molecule has 0 fully saturated rings. The van der Waals surface area contributed by atoms with Gasteiger partial charge in [0.2, 0.25) is 0 Å². The molecule has 0 aliphatic heterocycles. The van der Waals surface area contributed by atoms with Gasteiger partial charge >= 0.3 is 18.0 Å². The number of carbonyl (C=O) groups excluding carboxylic acids is 2. The zero-order valence-electron chi connectivity index (χ0n) is 11.1. The zero-order chi connectivity index (χ0) is 14.8. The Morgan fingerprint density at radius 3 is 2.47 bits per heavy atom. The van der Waals surface area contributed by atoms with Crippen molar-refractivity contribution in [1.82, 2.24) is 10.2 Å². The fraction of sp³-hybridized carbons (Fsp3) is 0.727. The number of nitrogens with one attached hydrogen (secondary N) is 1. The van der Waals surface area contributed by atoms with Crippen LogP contribution in [0, 0.1) is 0 Å². The van der Waals surface area contributed by atoms with Gasteiger partial charge < -0.3 is 25.2 Å². The lowest BCUT2D eigenvalue weighted by Gasteiger charge is -2.20. The van der Waals surface area contributed by atoms with Crippen LogP contribution in [-0.4, -0.2) is 66.4 Å². The number of aliphatic hydroxyl groups is 1. The van der Waals surface area contributed by atoms with E-state index in [-0.39, 0.29) is 25.4 Å². The smallest absolute Gasteiger partial charge is 0.326 e. The van der Waals surface area contributed by atoms with E-state index in [4.69, 9.17) is 10.2 Å². The van der Waals surface area contributed by atoms with Crippen molar-refractivity contribution >= 4 is 18.0 Å². The molecule has 0 aromatic carbocycles. The largest absolute Gasteiger partial charge is 0.480 e. The predicted molar refractivity (Wildman–Crippen MR) is 65.5 cm³/mol. The van der Waals surface area contributed by atoms with Gasteiger partial charge in [-0.15, -0.1) is 0 Å². The highest BCUT2D eigenvalue weighted by molar-refractivity contribution is 5.82. The molecular weight excluding hydrogens is 256 g/mol. The van der Waals surface area contributed by atoms with Crippen LogP contribution in [-0.2, 0) is 14.3 Å². The van der Waals surface area contributed by atoms with Crippen LogP contribution in [0.3, 0.4) is 0 Å². The number of carboxylic acids is 1. The second-order valence-electron chi connectivity index (χ2n) is 3.95. The maximum absolute atomic E-state index is 11.6. The summed E-state index contributed by atoms with van der Waals surface area (Å²) in [6.07, 6.45) is 0.554. The highest BCUT2D eigenvalue weighted by atomic mass is 16.5. The molecule has 0 aliphatic carbocycles. The van der Waals surface area contributed by atoms with E-state index in [1.807, 2.05) is 0 Å². The first kappa shape index (κ1) is 17.2. The zero-order valence-corrected chi connectivity index (χ0v) is 11.1. The van der Waals surface area contributed by atoms with Crippen molar-refractivity contribution in [2.75, 3.05) is 27.3 Å². The van der Waals surface area contributed by atoms with Gasteiger partial charge in [0.25, 0.3) is 0 Å². The fourth-order valence-corrected chi connectivity index (χ4v) is 1.31. The van der Waals surface area contributed by atoms with Crippen LogP contribution in [0.5, 0.6) is 0 Å². The molecule has 8 heteroatoms. The minimum Gasteiger partial charge on any atom is -0.480 e. The van der Waals surface area contributed by atoms with E-state index in [1.54, 1.807) is 0 Å². The van der Waals surface area contributed by atoms with Gasteiger partial charge in [-0.2, -0.15) is 0 Å². The summed E-state index contributed by atoms with van der Waals surface area (Å²) in [7, 11) is 2.77. The third-order valence-electron chi connectivity index (χ3n) is 2.46. The van der Waals surface area contributed by atoms with Gasteiger partial charge in [0.1, 0.15) is 6.04 Å². The number of methoxy groups -OCH3 is 1. The minimum absolute atomic E-state index is 0.0585. The fourth-order valence-electron chi connectivity index (χ4n) is 1.31. The van der Waals surface area contributed by atoms with E-state index in [1.165, 1.54) is 19.1 Å². The third-order valence-corrected chi connectivity index (χ3v) is 2.46. The molecule has 8 nitrogen and oxygen atoms in total. The SMILES string of the molecule is COC(=O)CCCN(C)C(=O)N[C@@H](CCO)C(=O)O. The molecule has 0 radical (unpaired) electrons. The highest BCUT2D eigenvalue weighted by Gasteiger charge is 2.20. The average molecular weight is 276 g/mol. The molecule has 0 heterocycles. The number of esters is 1. The Labute approximate surface area is 111 Å². The van der Waals surface area contributed by atoms with Crippen molar-refractivity contribution in [2.45, 2.75) is 25.3 Å². The molecule has 0 saturated heterocycles. The first-order chi connectivity index (χ1) is 8.92. The van der Waals surface area contributed by atoms with Crippen molar-refractivity contribution in [3.63, 3.8) is 0 Å². The minimum atomic E-state index is -1.20. The van der Waals surface area contributed by atoms with Crippen molar-refractivity contribution in [1.29, 1.82) is 0 Å². The first-order valence-electron chi connectivity index (χ1n) is 5.84. The maximum atomic E-state index is 11.6. The molecule has 0 unspecified atom stereocenters. The molecule has 0 saturated carbocycles. The number of aliphatic hydroxyl groups excluding tert-OH is 1. The Balaban J connectivity index is 4.10. The van der Waals surface area contributed by atoms with Crippen molar-refractivity contribution in [3.05, 3.63) is 0 Å². The first-order valence-corrected chi connectivity index (χ1v) is 5.84. The number of carbonyl (C=O) groups is 3. The van der Waals surface area contributed by atoms with Crippen LogP contribution < -0.4 is 5.32 Å². The summed E-state index contributed by atoms with van der Waals surface area (Å²) < 4.78 is 4.46. The molecule has 3 N–H and O–H groups in total. The summed E-state index contributed by atoms with van der Waals surface area (Å²) >= 11 is 0. The van der Waals surface area contributed by atoms with Gasteiger partial charge in [0.15, 0.2) is 0 Å². The lowest BCUT2D eigenvalue weighted by Crippen LogP contribution is -2.47. The van der Waals surface area contributed by atoms with Gasteiger partial charge in [-0.1, -0.05) is 0 Å². The van der Waals surface area contributed by atoms with Crippen LogP contribution >= 0.6 is 0 Å². The molecular formula is C11H20N2O6. The molecule has 0 rings (SSSR count). The van der Waals surface area contributed by atoms with Crippen LogP contribution in [0.2, 0.25) is 0 Å². The summed E-state index contributed by atoms with van der Waals surface area (Å²) in [4.78, 5) is 34.6. The van der Waals surface area contributed by atoms with Gasteiger partial charge in [-0.3, -0.25) is 4.79 Å². The van der Waals surface area contributed by atoms with Crippen molar-refractivity contribution in [2.24, 2.45) is 0 Å². The van der Waals surface area contributed by atoms with E-state index in [0.29, 0.717) is 13.0 Å². The maximum Gasteiger partial charge on any atom is 0.326 e. The van der Waals surface area contributed by atoms with E-state index >= 15 is 0 Å². The summed E-state index contributed by atoms with van der Waals surface area (Å²) in [6.45, 7) is -0.0320. The molecule has 2 amide bonds. The van der Waals surface area contributed by atoms with Gasteiger partial charge in [-0.25, -0.2) is 9.59 Å². The van der Waals surface area contributed by atoms with Crippen molar-refractivity contribution in [3.8, 4) is 0 Å². The lowest BCUT2D eigenvalue weighted by molar-refractivity contribution is -0.141. The Bertz CT molecular complexity index is 320. The third kappa shape index (κ3) is 7.24. The molecule has 19 heavy (non-hydrogen) atoms. The number of carboxylic acid groups (broad SMARTS) is 1. The monoisotopic (exact) mass is 276 g/mol. The standard InChI is InChI=1S/C11H20N2O6/c1-13(6-3-4-9(15)19-2)11(18)12-8(5-7-14)10(16)17/h8,14H,3-7H2,1-2H3,(H,12,18)(H,16,17)/t8-/m0/s1. The Kier molecular flexibility index (Phi) is 8.27. The molecule has 0 spiro atoms. The normalized spacial score (nSPS) is 11.5. The Morgan fingerprint density at radius 2 is 2.00 bits per heavy atom. The quantitative estimate of drug-likeness (QED) is 0.511. The number of amides is 2. The number of hydrogen-bond donors (Lipinski definition) is 3. The second-order valence-corrected chi connectivity index (χ2v) is 3.95. The summed E-state index contributed by atoms with van der Waals surface area (Å²) in [5.74, 6) is -1.57. The van der Waals surface area contributed by atoms with Gasteiger partial charge in [0, 0.05) is 33.0 Å². The van der Waals surface area contributed by atoms with Crippen LogP contribution in [0.1, 0.15) is 19.3 Å². The van der Waals surface area contributed by atoms with Crippen LogP contribution in [0.25, 0.3) is 0 Å². The topological polar surface area (TPSA) is 116 Å².